The van der Waals surface area contributed by atoms with Crippen molar-refractivity contribution in [2.45, 2.75) is 13.5 Å². The molecule has 84 valence electrons. The molecule has 0 unspecified atom stereocenters. The predicted molar refractivity (Wildman–Crippen MR) is 72.2 cm³/mol. The minimum atomic E-state index is 0.718. The monoisotopic (exact) mass is 328 g/mol. The van der Waals surface area contributed by atoms with Crippen LogP contribution in [0.25, 0.3) is 11.3 Å². The molecule has 3 nitrogen and oxygen atoms in total. The molecule has 0 saturated heterocycles. The SMILES string of the molecule is CNCc1ncoc1-c1cccc(C)c1I. The van der Waals surface area contributed by atoms with E-state index in [0.29, 0.717) is 0 Å². The van der Waals surface area contributed by atoms with Crippen LogP contribution in [-0.2, 0) is 6.54 Å². The minimum Gasteiger partial charge on any atom is -0.443 e. The minimum absolute atomic E-state index is 0.718. The summed E-state index contributed by atoms with van der Waals surface area (Å²) in [5.41, 5.74) is 3.32. The van der Waals surface area contributed by atoms with Crippen LogP contribution in [0.2, 0.25) is 0 Å². The van der Waals surface area contributed by atoms with Gasteiger partial charge in [0.25, 0.3) is 0 Å². The smallest absolute Gasteiger partial charge is 0.181 e. The first-order valence-corrected chi connectivity index (χ1v) is 6.14. The van der Waals surface area contributed by atoms with Gasteiger partial charge in [-0.3, -0.25) is 0 Å². The van der Waals surface area contributed by atoms with Gasteiger partial charge in [-0.2, -0.15) is 0 Å². The first-order valence-electron chi connectivity index (χ1n) is 5.06. The maximum absolute atomic E-state index is 5.48. The van der Waals surface area contributed by atoms with Crippen molar-refractivity contribution in [3.05, 3.63) is 39.4 Å². The lowest BCUT2D eigenvalue weighted by atomic mass is 10.1. The molecule has 1 N–H and O–H groups in total. The van der Waals surface area contributed by atoms with Crippen molar-refractivity contribution in [3.63, 3.8) is 0 Å². The average Bonchev–Trinajstić information content (AvgIpc) is 2.71. The highest BCUT2D eigenvalue weighted by atomic mass is 127. The number of nitrogens with zero attached hydrogens (tertiary/aromatic N) is 1. The van der Waals surface area contributed by atoms with Gasteiger partial charge in [-0.25, -0.2) is 4.98 Å². The van der Waals surface area contributed by atoms with Crippen LogP contribution in [0.3, 0.4) is 0 Å². The highest BCUT2D eigenvalue weighted by Crippen LogP contribution is 2.29. The van der Waals surface area contributed by atoms with Gasteiger partial charge in [0.1, 0.15) is 5.69 Å². The van der Waals surface area contributed by atoms with E-state index in [1.54, 1.807) is 0 Å². The lowest BCUT2D eigenvalue weighted by Gasteiger charge is -2.05. The lowest BCUT2D eigenvalue weighted by Crippen LogP contribution is -2.06. The van der Waals surface area contributed by atoms with Crippen molar-refractivity contribution < 1.29 is 4.42 Å². The summed E-state index contributed by atoms with van der Waals surface area (Å²) in [7, 11) is 1.90. The maximum Gasteiger partial charge on any atom is 0.181 e. The Hall–Kier alpha value is -0.880. The molecule has 0 atom stereocenters. The second-order valence-corrected chi connectivity index (χ2v) is 4.67. The Kier molecular flexibility index (Phi) is 3.60. The molecule has 0 spiro atoms. The first-order chi connectivity index (χ1) is 7.74. The number of benzene rings is 1. The molecular formula is C12H13IN2O. The van der Waals surface area contributed by atoms with Crippen molar-refractivity contribution in [2.24, 2.45) is 0 Å². The third kappa shape index (κ3) is 2.12. The van der Waals surface area contributed by atoms with Crippen LogP contribution in [0, 0.1) is 10.5 Å². The van der Waals surface area contributed by atoms with E-state index < -0.39 is 0 Å². The van der Waals surface area contributed by atoms with Gasteiger partial charge in [-0.1, -0.05) is 18.2 Å². The van der Waals surface area contributed by atoms with Crippen molar-refractivity contribution in [2.75, 3.05) is 7.05 Å². The molecule has 0 aliphatic heterocycles. The van der Waals surface area contributed by atoms with E-state index in [1.807, 2.05) is 13.1 Å². The van der Waals surface area contributed by atoms with E-state index in [9.17, 15) is 0 Å². The highest BCUT2D eigenvalue weighted by molar-refractivity contribution is 14.1. The number of nitrogens with one attached hydrogen (secondary N) is 1. The number of halogens is 1. The summed E-state index contributed by atoms with van der Waals surface area (Å²) in [5.74, 6) is 0.863. The van der Waals surface area contributed by atoms with Crippen molar-refractivity contribution in [1.82, 2.24) is 10.3 Å². The van der Waals surface area contributed by atoms with E-state index in [4.69, 9.17) is 4.42 Å². The number of oxazole rings is 1. The van der Waals surface area contributed by atoms with Crippen molar-refractivity contribution in [1.29, 1.82) is 0 Å². The van der Waals surface area contributed by atoms with Crippen LogP contribution in [0.1, 0.15) is 11.3 Å². The molecule has 2 aromatic rings. The first kappa shape index (κ1) is 11.6. The van der Waals surface area contributed by atoms with Crippen LogP contribution in [0.5, 0.6) is 0 Å². The number of aromatic nitrogens is 1. The molecule has 1 aromatic heterocycles. The van der Waals surface area contributed by atoms with Crippen LogP contribution >= 0.6 is 22.6 Å². The predicted octanol–water partition coefficient (Wildman–Crippen LogP) is 2.97. The van der Waals surface area contributed by atoms with E-state index in [0.717, 1.165) is 23.6 Å². The van der Waals surface area contributed by atoms with Gasteiger partial charge in [0, 0.05) is 15.7 Å². The van der Waals surface area contributed by atoms with Crippen LogP contribution in [-0.4, -0.2) is 12.0 Å². The van der Waals surface area contributed by atoms with Gasteiger partial charge in [0.05, 0.1) is 0 Å². The van der Waals surface area contributed by atoms with Crippen LogP contribution in [0.15, 0.2) is 29.0 Å². The Labute approximate surface area is 108 Å². The second kappa shape index (κ2) is 4.97. The third-order valence-corrected chi connectivity index (χ3v) is 3.85. The van der Waals surface area contributed by atoms with E-state index >= 15 is 0 Å². The van der Waals surface area contributed by atoms with Gasteiger partial charge < -0.3 is 9.73 Å². The molecule has 0 bridgehead atoms. The Balaban J connectivity index is 2.50. The molecule has 2 rings (SSSR count). The molecule has 16 heavy (non-hydrogen) atoms. The largest absolute Gasteiger partial charge is 0.443 e. The standard InChI is InChI=1S/C12H13IN2O/c1-8-4-3-5-9(11(8)13)12-10(6-14-2)15-7-16-12/h3-5,7,14H,6H2,1-2H3. The Morgan fingerprint density at radius 1 is 1.44 bits per heavy atom. The van der Waals surface area contributed by atoms with Gasteiger partial charge in [-0.15, -0.1) is 0 Å². The number of rotatable bonds is 3. The molecule has 0 saturated carbocycles. The van der Waals surface area contributed by atoms with E-state index in [2.05, 4.69) is 51.9 Å². The van der Waals surface area contributed by atoms with Gasteiger partial charge in [-0.05, 0) is 42.1 Å². The summed E-state index contributed by atoms with van der Waals surface area (Å²) in [6.07, 6.45) is 1.50. The quantitative estimate of drug-likeness (QED) is 0.881. The number of aryl methyl sites for hydroxylation is 1. The zero-order chi connectivity index (χ0) is 11.5. The fourth-order valence-electron chi connectivity index (χ4n) is 1.60. The molecule has 1 heterocycles. The summed E-state index contributed by atoms with van der Waals surface area (Å²) < 4.78 is 6.70. The summed E-state index contributed by atoms with van der Waals surface area (Å²) >= 11 is 2.34. The second-order valence-electron chi connectivity index (χ2n) is 3.59. The third-order valence-electron chi connectivity index (χ3n) is 2.42. The highest BCUT2D eigenvalue weighted by Gasteiger charge is 2.13. The maximum atomic E-state index is 5.48. The van der Waals surface area contributed by atoms with Gasteiger partial charge >= 0.3 is 0 Å². The van der Waals surface area contributed by atoms with Crippen LogP contribution < -0.4 is 5.32 Å². The molecule has 0 aliphatic rings. The Bertz CT molecular complexity index is 494. The fraction of sp³-hybridized carbons (Fsp3) is 0.250. The molecular weight excluding hydrogens is 315 g/mol. The molecule has 0 fully saturated rings. The average molecular weight is 328 g/mol. The van der Waals surface area contributed by atoms with E-state index in [-0.39, 0.29) is 0 Å². The molecule has 0 radical (unpaired) electrons. The lowest BCUT2D eigenvalue weighted by molar-refractivity contribution is 0.570. The zero-order valence-corrected chi connectivity index (χ0v) is 11.4. The van der Waals surface area contributed by atoms with Gasteiger partial charge in [0.15, 0.2) is 12.2 Å². The summed E-state index contributed by atoms with van der Waals surface area (Å²) in [4.78, 5) is 4.22. The topological polar surface area (TPSA) is 38.1 Å². The normalized spacial score (nSPS) is 10.7. The van der Waals surface area contributed by atoms with Crippen LogP contribution in [0.4, 0.5) is 0 Å². The molecule has 0 aliphatic carbocycles. The molecule has 1 aromatic carbocycles. The summed E-state index contributed by atoms with van der Waals surface area (Å²) in [5, 5.41) is 3.09. The Morgan fingerprint density at radius 3 is 3.00 bits per heavy atom. The number of hydrogen-bond donors (Lipinski definition) is 1. The summed E-state index contributed by atoms with van der Waals surface area (Å²) in [6, 6.07) is 6.20. The van der Waals surface area contributed by atoms with Crippen molar-refractivity contribution in [3.8, 4) is 11.3 Å². The Morgan fingerprint density at radius 2 is 2.25 bits per heavy atom. The number of hydrogen-bond acceptors (Lipinski definition) is 3. The zero-order valence-electron chi connectivity index (χ0n) is 9.25. The molecule has 0 amide bonds. The van der Waals surface area contributed by atoms with Crippen molar-refractivity contribution >= 4 is 22.6 Å². The fourth-order valence-corrected chi connectivity index (χ4v) is 2.21. The van der Waals surface area contributed by atoms with E-state index in [1.165, 1.54) is 15.5 Å². The molecule has 4 heteroatoms. The van der Waals surface area contributed by atoms with Gasteiger partial charge in [0.2, 0.25) is 0 Å². The summed E-state index contributed by atoms with van der Waals surface area (Å²) in [6.45, 7) is 2.81.